The second-order valence-electron chi connectivity index (χ2n) is 2.60. The predicted molar refractivity (Wildman–Crippen MR) is 50.7 cm³/mol. The maximum Gasteiger partial charge on any atom is 0.101 e. The number of benzene rings is 1. The van der Waals surface area contributed by atoms with Gasteiger partial charge >= 0.3 is 0 Å². The molecule has 0 amide bonds. The number of aryl methyl sites for hydroxylation is 1. The quantitative estimate of drug-likeness (QED) is 0.628. The molecule has 0 fully saturated rings. The van der Waals surface area contributed by atoms with E-state index in [-0.39, 0.29) is 0 Å². The van der Waals surface area contributed by atoms with Crippen molar-refractivity contribution in [3.05, 3.63) is 32.8 Å². The zero-order valence-electron chi connectivity index (χ0n) is 6.78. The van der Waals surface area contributed by atoms with E-state index in [4.69, 9.17) is 28.5 Å². The highest BCUT2D eigenvalue weighted by Crippen LogP contribution is 2.28. The molecule has 0 radical (unpaired) electrons. The van der Waals surface area contributed by atoms with E-state index >= 15 is 0 Å². The van der Waals surface area contributed by atoms with E-state index in [0.717, 1.165) is 11.1 Å². The highest BCUT2D eigenvalue weighted by atomic mass is 35.5. The van der Waals surface area contributed by atoms with Gasteiger partial charge in [-0.25, -0.2) is 0 Å². The molecule has 0 bridgehead atoms. The van der Waals surface area contributed by atoms with E-state index in [1.54, 1.807) is 13.0 Å². The molecule has 0 saturated carbocycles. The summed E-state index contributed by atoms with van der Waals surface area (Å²) in [6, 6.07) is 3.79. The van der Waals surface area contributed by atoms with Gasteiger partial charge < -0.3 is 0 Å². The Kier molecular flexibility index (Phi) is 2.62. The standard InChI is InChI=1S/C9H7Cl2N/c1-5-3-8(10)6(2)7(4-12)9(5)11/h3H,1-2H3. The van der Waals surface area contributed by atoms with E-state index in [9.17, 15) is 0 Å². The molecule has 0 saturated heterocycles. The smallest absolute Gasteiger partial charge is 0.101 e. The van der Waals surface area contributed by atoms with Gasteiger partial charge in [-0.2, -0.15) is 5.26 Å². The predicted octanol–water partition coefficient (Wildman–Crippen LogP) is 3.48. The lowest BCUT2D eigenvalue weighted by atomic mass is 10.1. The number of rotatable bonds is 0. The first-order valence-corrected chi connectivity index (χ1v) is 4.18. The van der Waals surface area contributed by atoms with Crippen molar-refractivity contribution < 1.29 is 0 Å². The first-order valence-electron chi connectivity index (χ1n) is 3.43. The molecular formula is C9H7Cl2N. The first kappa shape index (κ1) is 9.38. The van der Waals surface area contributed by atoms with E-state index in [0.29, 0.717) is 15.6 Å². The van der Waals surface area contributed by atoms with Crippen molar-refractivity contribution >= 4 is 23.2 Å². The fraction of sp³-hybridized carbons (Fsp3) is 0.222. The Morgan fingerprint density at radius 1 is 1.33 bits per heavy atom. The molecule has 0 spiro atoms. The molecule has 0 aliphatic rings. The molecule has 3 heteroatoms. The lowest BCUT2D eigenvalue weighted by Gasteiger charge is -2.05. The van der Waals surface area contributed by atoms with Crippen molar-refractivity contribution in [1.29, 1.82) is 5.26 Å². The Morgan fingerprint density at radius 3 is 2.42 bits per heavy atom. The van der Waals surface area contributed by atoms with E-state index in [2.05, 4.69) is 0 Å². The van der Waals surface area contributed by atoms with Gasteiger partial charge in [-0.15, -0.1) is 0 Å². The van der Waals surface area contributed by atoms with Crippen molar-refractivity contribution in [2.24, 2.45) is 0 Å². The number of nitriles is 1. The van der Waals surface area contributed by atoms with E-state index < -0.39 is 0 Å². The number of nitrogens with zero attached hydrogens (tertiary/aromatic N) is 1. The average Bonchev–Trinajstić information content (AvgIpc) is 2.02. The van der Waals surface area contributed by atoms with Crippen LogP contribution in [-0.4, -0.2) is 0 Å². The molecule has 12 heavy (non-hydrogen) atoms. The normalized spacial score (nSPS) is 9.58. The number of hydrogen-bond donors (Lipinski definition) is 0. The molecule has 0 aliphatic carbocycles. The van der Waals surface area contributed by atoms with Crippen molar-refractivity contribution in [1.82, 2.24) is 0 Å². The molecule has 0 aliphatic heterocycles. The molecule has 0 N–H and O–H groups in total. The lowest BCUT2D eigenvalue weighted by molar-refractivity contribution is 1.35. The molecule has 0 atom stereocenters. The van der Waals surface area contributed by atoms with Gasteiger partial charge in [-0.3, -0.25) is 0 Å². The number of halogens is 2. The summed E-state index contributed by atoms with van der Waals surface area (Å²) in [6.45, 7) is 3.61. The van der Waals surface area contributed by atoms with Crippen LogP contribution < -0.4 is 0 Å². The molecule has 1 aromatic rings. The maximum atomic E-state index is 8.76. The Labute approximate surface area is 81.5 Å². The van der Waals surface area contributed by atoms with Crippen molar-refractivity contribution in [3.8, 4) is 6.07 Å². The third-order valence-corrected chi connectivity index (χ3v) is 2.63. The van der Waals surface area contributed by atoms with Crippen LogP contribution in [-0.2, 0) is 0 Å². The third-order valence-electron chi connectivity index (χ3n) is 1.75. The van der Waals surface area contributed by atoms with Gasteiger partial charge in [0.05, 0.1) is 10.6 Å². The SMILES string of the molecule is Cc1cc(Cl)c(C)c(C#N)c1Cl. The Balaban J connectivity index is 3.56. The summed E-state index contributed by atoms with van der Waals surface area (Å²) in [5, 5.41) is 9.85. The second-order valence-corrected chi connectivity index (χ2v) is 3.39. The molecule has 0 aromatic heterocycles. The van der Waals surface area contributed by atoms with Crippen LogP contribution in [0.15, 0.2) is 6.07 Å². The van der Waals surface area contributed by atoms with Crippen LogP contribution in [0.3, 0.4) is 0 Å². The average molecular weight is 200 g/mol. The van der Waals surface area contributed by atoms with E-state index in [1.807, 2.05) is 13.0 Å². The summed E-state index contributed by atoms with van der Waals surface area (Å²) in [5.41, 5.74) is 2.06. The van der Waals surface area contributed by atoms with Crippen LogP contribution in [0.4, 0.5) is 0 Å². The van der Waals surface area contributed by atoms with Gasteiger partial charge in [0.1, 0.15) is 6.07 Å². The van der Waals surface area contributed by atoms with Crippen LogP contribution in [0.2, 0.25) is 10.0 Å². The molecule has 0 heterocycles. The summed E-state index contributed by atoms with van der Waals surface area (Å²) in [7, 11) is 0. The molecule has 1 nitrogen and oxygen atoms in total. The van der Waals surface area contributed by atoms with Crippen LogP contribution in [0.5, 0.6) is 0 Å². The van der Waals surface area contributed by atoms with Crippen LogP contribution >= 0.6 is 23.2 Å². The molecule has 62 valence electrons. The Hall–Kier alpha value is -0.710. The second kappa shape index (κ2) is 3.35. The molecule has 0 unspecified atom stereocenters. The van der Waals surface area contributed by atoms with Crippen molar-refractivity contribution in [3.63, 3.8) is 0 Å². The van der Waals surface area contributed by atoms with Crippen molar-refractivity contribution in [2.75, 3.05) is 0 Å². The fourth-order valence-corrected chi connectivity index (χ4v) is 1.47. The molecule has 1 aromatic carbocycles. The summed E-state index contributed by atoms with van der Waals surface area (Å²) in [5.74, 6) is 0. The van der Waals surface area contributed by atoms with Gasteiger partial charge in [0.2, 0.25) is 0 Å². The highest BCUT2D eigenvalue weighted by Gasteiger charge is 2.09. The Bertz CT molecular complexity index is 338. The summed E-state index contributed by atoms with van der Waals surface area (Å²) in [6.07, 6.45) is 0. The lowest BCUT2D eigenvalue weighted by Crippen LogP contribution is -1.88. The van der Waals surface area contributed by atoms with Crippen LogP contribution in [0, 0.1) is 25.2 Å². The highest BCUT2D eigenvalue weighted by molar-refractivity contribution is 6.35. The largest absolute Gasteiger partial charge is 0.192 e. The summed E-state index contributed by atoms with van der Waals surface area (Å²) >= 11 is 11.7. The fourth-order valence-electron chi connectivity index (χ4n) is 0.976. The minimum atomic E-state index is 0.474. The zero-order chi connectivity index (χ0) is 9.30. The minimum absolute atomic E-state index is 0.474. The van der Waals surface area contributed by atoms with Gasteiger partial charge in [-0.05, 0) is 31.0 Å². The van der Waals surface area contributed by atoms with Gasteiger partial charge in [0, 0.05) is 5.02 Å². The first-order chi connectivity index (χ1) is 5.57. The van der Waals surface area contributed by atoms with Crippen LogP contribution in [0.1, 0.15) is 16.7 Å². The van der Waals surface area contributed by atoms with E-state index in [1.165, 1.54) is 0 Å². The minimum Gasteiger partial charge on any atom is -0.192 e. The topological polar surface area (TPSA) is 23.8 Å². The van der Waals surface area contributed by atoms with Gasteiger partial charge in [0.15, 0.2) is 0 Å². The van der Waals surface area contributed by atoms with Gasteiger partial charge in [-0.1, -0.05) is 23.2 Å². The molecule has 1 rings (SSSR count). The monoisotopic (exact) mass is 199 g/mol. The zero-order valence-corrected chi connectivity index (χ0v) is 8.29. The van der Waals surface area contributed by atoms with Gasteiger partial charge in [0.25, 0.3) is 0 Å². The van der Waals surface area contributed by atoms with Crippen LogP contribution in [0.25, 0.3) is 0 Å². The number of hydrogen-bond acceptors (Lipinski definition) is 1. The summed E-state index contributed by atoms with van der Waals surface area (Å²) < 4.78 is 0. The maximum absolute atomic E-state index is 8.76. The Morgan fingerprint density at radius 2 is 1.92 bits per heavy atom. The summed E-state index contributed by atoms with van der Waals surface area (Å²) in [4.78, 5) is 0. The molecular weight excluding hydrogens is 193 g/mol. The van der Waals surface area contributed by atoms with Crippen molar-refractivity contribution in [2.45, 2.75) is 13.8 Å². The third kappa shape index (κ3) is 1.41.